The maximum absolute atomic E-state index is 11.9. The summed E-state index contributed by atoms with van der Waals surface area (Å²) in [7, 11) is 0. The zero-order valence-corrected chi connectivity index (χ0v) is 16.6. The molecule has 0 aliphatic carbocycles. The minimum Gasteiger partial charge on any atom is -0.353 e. The summed E-state index contributed by atoms with van der Waals surface area (Å²) in [6, 6.07) is -0.440. The molecule has 0 bridgehead atoms. The number of piperazine rings is 1. The second kappa shape index (κ2) is 12.6. The number of rotatable bonds is 5. The van der Waals surface area contributed by atoms with Crippen molar-refractivity contribution >= 4 is 43.1 Å². The number of halogens is 3. The number of likely N-dealkylation sites (N-methyl/N-ethyl adjacent to an activating group) is 1. The molecule has 0 spiro atoms. The molecule has 1 rings (SSSR count). The van der Waals surface area contributed by atoms with Crippen molar-refractivity contribution in [2.45, 2.75) is 33.7 Å². The molecule has 0 unspecified atom stereocenters. The second-order valence-corrected chi connectivity index (χ2v) is 6.41. The van der Waals surface area contributed by atoms with Crippen LogP contribution in [-0.4, -0.2) is 67.6 Å². The predicted molar refractivity (Wildman–Crippen MR) is 101 cm³/mol. The SMILES string of the molecule is CCN1CCN(CCNC(=O)[C@@H](N)C(C)(C)C)CC1.Cl.Cl.Cl. The number of hydrogen-bond acceptors (Lipinski definition) is 4. The summed E-state index contributed by atoms with van der Waals surface area (Å²) in [6.45, 7) is 15.3. The molecule has 5 nitrogen and oxygen atoms in total. The van der Waals surface area contributed by atoms with E-state index in [2.05, 4.69) is 22.0 Å². The Labute approximate surface area is 154 Å². The highest BCUT2D eigenvalue weighted by molar-refractivity contribution is 5.86. The van der Waals surface area contributed by atoms with Crippen LogP contribution in [0.4, 0.5) is 0 Å². The molecule has 0 aromatic rings. The molecule has 1 heterocycles. The van der Waals surface area contributed by atoms with Crippen LogP contribution in [0.15, 0.2) is 0 Å². The highest BCUT2D eigenvalue weighted by atomic mass is 35.5. The van der Waals surface area contributed by atoms with Crippen molar-refractivity contribution in [1.82, 2.24) is 15.1 Å². The normalized spacial score (nSPS) is 17.5. The monoisotopic (exact) mass is 378 g/mol. The third kappa shape index (κ3) is 9.38. The van der Waals surface area contributed by atoms with E-state index in [0.717, 1.165) is 39.3 Å². The fraction of sp³-hybridized carbons (Fsp3) is 0.929. The number of hydrogen-bond donors (Lipinski definition) is 2. The molecule has 3 N–H and O–H groups in total. The smallest absolute Gasteiger partial charge is 0.237 e. The Morgan fingerprint density at radius 2 is 1.55 bits per heavy atom. The summed E-state index contributed by atoms with van der Waals surface area (Å²) >= 11 is 0. The van der Waals surface area contributed by atoms with Gasteiger partial charge in [0.05, 0.1) is 6.04 Å². The van der Waals surface area contributed by atoms with Crippen molar-refractivity contribution in [1.29, 1.82) is 0 Å². The lowest BCUT2D eigenvalue weighted by atomic mass is 9.87. The van der Waals surface area contributed by atoms with Gasteiger partial charge in [0.25, 0.3) is 0 Å². The number of carbonyl (C=O) groups is 1. The van der Waals surface area contributed by atoms with Crippen LogP contribution < -0.4 is 11.1 Å². The van der Waals surface area contributed by atoms with Gasteiger partial charge in [0.2, 0.25) is 5.91 Å². The standard InChI is InChI=1S/C14H30N4O.3ClH/c1-5-17-8-10-18(11-9-17)7-6-16-13(19)12(15)14(2,3)4;;;/h12H,5-11,15H2,1-4H3,(H,16,19);3*1H/t12-;;;/m1.../s1. The van der Waals surface area contributed by atoms with Crippen molar-refractivity contribution in [2.24, 2.45) is 11.1 Å². The molecule has 8 heteroatoms. The number of nitrogens with two attached hydrogens (primary N) is 1. The van der Waals surface area contributed by atoms with Gasteiger partial charge in [-0.25, -0.2) is 0 Å². The Morgan fingerprint density at radius 1 is 1.09 bits per heavy atom. The summed E-state index contributed by atoms with van der Waals surface area (Å²) in [6.07, 6.45) is 0. The lowest BCUT2D eigenvalue weighted by Crippen LogP contribution is -2.51. The molecule has 136 valence electrons. The molecular weight excluding hydrogens is 347 g/mol. The van der Waals surface area contributed by atoms with Crippen molar-refractivity contribution < 1.29 is 4.79 Å². The van der Waals surface area contributed by atoms with Crippen LogP contribution in [0, 0.1) is 5.41 Å². The molecule has 0 radical (unpaired) electrons. The van der Waals surface area contributed by atoms with Gasteiger partial charge in [-0.05, 0) is 12.0 Å². The maximum atomic E-state index is 11.9. The first-order valence-corrected chi connectivity index (χ1v) is 7.32. The average molecular weight is 380 g/mol. The average Bonchev–Trinajstić information content (AvgIpc) is 2.37. The lowest BCUT2D eigenvalue weighted by molar-refractivity contribution is -0.124. The minimum absolute atomic E-state index is 0. The van der Waals surface area contributed by atoms with E-state index in [-0.39, 0.29) is 48.5 Å². The Kier molecular flexibility index (Phi) is 15.5. The van der Waals surface area contributed by atoms with Gasteiger partial charge >= 0.3 is 0 Å². The largest absolute Gasteiger partial charge is 0.353 e. The number of nitrogens with zero attached hydrogens (tertiary/aromatic N) is 2. The summed E-state index contributed by atoms with van der Waals surface area (Å²) < 4.78 is 0. The van der Waals surface area contributed by atoms with Crippen LogP contribution in [0.1, 0.15) is 27.7 Å². The second-order valence-electron chi connectivity index (χ2n) is 6.41. The van der Waals surface area contributed by atoms with E-state index < -0.39 is 6.04 Å². The minimum atomic E-state index is -0.440. The first-order chi connectivity index (χ1) is 8.84. The first-order valence-electron chi connectivity index (χ1n) is 7.32. The Balaban J connectivity index is -0.00000120. The summed E-state index contributed by atoms with van der Waals surface area (Å²) in [4.78, 5) is 16.7. The van der Waals surface area contributed by atoms with Gasteiger partial charge in [0, 0.05) is 39.3 Å². The quantitative estimate of drug-likeness (QED) is 0.757. The first kappa shape index (κ1) is 27.1. The van der Waals surface area contributed by atoms with E-state index in [9.17, 15) is 4.79 Å². The molecule has 22 heavy (non-hydrogen) atoms. The zero-order valence-electron chi connectivity index (χ0n) is 14.1. The predicted octanol–water partition coefficient (Wildman–Crippen LogP) is 1.38. The Bertz CT molecular complexity index is 292. The highest BCUT2D eigenvalue weighted by Crippen LogP contribution is 2.16. The van der Waals surface area contributed by atoms with Gasteiger partial charge in [-0.15, -0.1) is 37.2 Å². The fourth-order valence-electron chi connectivity index (χ4n) is 2.17. The molecule has 1 aliphatic heterocycles. The van der Waals surface area contributed by atoms with Crippen molar-refractivity contribution in [3.63, 3.8) is 0 Å². The van der Waals surface area contributed by atoms with Crippen LogP contribution >= 0.6 is 37.2 Å². The number of amides is 1. The van der Waals surface area contributed by atoms with Gasteiger partial charge in [0.15, 0.2) is 0 Å². The number of carbonyl (C=O) groups excluding carboxylic acids is 1. The van der Waals surface area contributed by atoms with Gasteiger partial charge < -0.3 is 16.0 Å². The Hall–Kier alpha value is 0.220. The van der Waals surface area contributed by atoms with Crippen LogP contribution in [-0.2, 0) is 4.79 Å². The molecule has 0 aromatic heterocycles. The molecule has 1 atom stereocenters. The van der Waals surface area contributed by atoms with Crippen molar-refractivity contribution in [3.8, 4) is 0 Å². The molecule has 1 aliphatic rings. The topological polar surface area (TPSA) is 61.6 Å². The highest BCUT2D eigenvalue weighted by Gasteiger charge is 2.27. The molecule has 0 aromatic carbocycles. The van der Waals surface area contributed by atoms with Crippen LogP contribution in [0.3, 0.4) is 0 Å². The summed E-state index contributed by atoms with van der Waals surface area (Å²) in [5.74, 6) is -0.0419. The van der Waals surface area contributed by atoms with E-state index in [1.54, 1.807) is 0 Å². The van der Waals surface area contributed by atoms with E-state index in [4.69, 9.17) is 5.73 Å². The number of nitrogens with one attached hydrogen (secondary N) is 1. The van der Waals surface area contributed by atoms with Gasteiger partial charge in [-0.3, -0.25) is 9.69 Å². The van der Waals surface area contributed by atoms with Crippen LogP contribution in [0.5, 0.6) is 0 Å². The molecule has 1 amide bonds. The van der Waals surface area contributed by atoms with Crippen molar-refractivity contribution in [3.05, 3.63) is 0 Å². The van der Waals surface area contributed by atoms with Crippen molar-refractivity contribution in [2.75, 3.05) is 45.8 Å². The zero-order chi connectivity index (χ0) is 14.5. The van der Waals surface area contributed by atoms with Crippen LogP contribution in [0.25, 0.3) is 0 Å². The molecule has 1 saturated heterocycles. The Morgan fingerprint density at radius 3 is 1.95 bits per heavy atom. The lowest BCUT2D eigenvalue weighted by Gasteiger charge is -2.34. The van der Waals surface area contributed by atoms with Gasteiger partial charge in [-0.1, -0.05) is 27.7 Å². The molecular formula is C14H33Cl3N4O. The fourth-order valence-corrected chi connectivity index (χ4v) is 2.17. The van der Waals surface area contributed by atoms with Gasteiger partial charge in [0.1, 0.15) is 0 Å². The van der Waals surface area contributed by atoms with E-state index in [1.807, 2.05) is 20.8 Å². The molecule has 1 fully saturated rings. The third-order valence-corrected chi connectivity index (χ3v) is 3.85. The third-order valence-electron chi connectivity index (χ3n) is 3.85. The van der Waals surface area contributed by atoms with Gasteiger partial charge in [-0.2, -0.15) is 0 Å². The van der Waals surface area contributed by atoms with E-state index in [0.29, 0.717) is 6.54 Å². The maximum Gasteiger partial charge on any atom is 0.237 e. The van der Waals surface area contributed by atoms with E-state index in [1.165, 1.54) is 0 Å². The van der Waals surface area contributed by atoms with Crippen LogP contribution in [0.2, 0.25) is 0 Å². The molecule has 0 saturated carbocycles. The van der Waals surface area contributed by atoms with E-state index >= 15 is 0 Å². The summed E-state index contributed by atoms with van der Waals surface area (Å²) in [5, 5.41) is 2.94. The summed E-state index contributed by atoms with van der Waals surface area (Å²) in [5.41, 5.74) is 5.73.